The number of nitriles is 1. The number of rotatable bonds is 4. The molecule has 1 aromatic carbocycles. The van der Waals surface area contributed by atoms with Crippen molar-refractivity contribution in [1.82, 2.24) is 9.78 Å². The fourth-order valence-electron chi connectivity index (χ4n) is 2.75. The number of nitrogens with one attached hydrogen (secondary N) is 1. The standard InChI is InChI=1S/C19H17ClN4OS/c1-4-17-16(10-22-24(17)14-7-5-6-13(20)8-14)18(25)23-19-15(9-21)11(2)12(3)26-19/h5-8,10H,4H2,1-3H3,(H,23,25). The van der Waals surface area contributed by atoms with Crippen molar-refractivity contribution in [1.29, 1.82) is 5.26 Å². The van der Waals surface area contributed by atoms with Crippen LogP contribution >= 0.6 is 22.9 Å². The molecule has 2 aromatic heterocycles. The van der Waals surface area contributed by atoms with E-state index in [9.17, 15) is 10.1 Å². The largest absolute Gasteiger partial charge is 0.312 e. The lowest BCUT2D eigenvalue weighted by molar-refractivity contribution is 0.102. The van der Waals surface area contributed by atoms with E-state index >= 15 is 0 Å². The van der Waals surface area contributed by atoms with Crippen molar-refractivity contribution in [3.8, 4) is 11.8 Å². The number of hydrogen-bond acceptors (Lipinski definition) is 4. The molecular weight excluding hydrogens is 368 g/mol. The predicted molar refractivity (Wildman–Crippen MR) is 104 cm³/mol. The molecule has 0 saturated heterocycles. The molecule has 132 valence electrons. The lowest BCUT2D eigenvalue weighted by Gasteiger charge is -2.08. The van der Waals surface area contributed by atoms with Crippen LogP contribution in [0.25, 0.3) is 5.69 Å². The van der Waals surface area contributed by atoms with Gasteiger partial charge in [-0.15, -0.1) is 11.3 Å². The monoisotopic (exact) mass is 384 g/mol. The highest BCUT2D eigenvalue weighted by Gasteiger charge is 2.20. The topological polar surface area (TPSA) is 70.7 Å². The number of amides is 1. The highest BCUT2D eigenvalue weighted by molar-refractivity contribution is 7.16. The van der Waals surface area contributed by atoms with Crippen molar-refractivity contribution in [2.75, 3.05) is 5.32 Å². The maximum absolute atomic E-state index is 12.8. The molecule has 1 amide bonds. The zero-order valence-electron chi connectivity index (χ0n) is 14.6. The van der Waals surface area contributed by atoms with Crippen LogP contribution in [0, 0.1) is 25.2 Å². The van der Waals surface area contributed by atoms with E-state index in [2.05, 4.69) is 16.5 Å². The summed E-state index contributed by atoms with van der Waals surface area (Å²) >= 11 is 7.48. The summed E-state index contributed by atoms with van der Waals surface area (Å²) in [7, 11) is 0. The molecule has 0 spiro atoms. The minimum Gasteiger partial charge on any atom is -0.312 e. The number of anilines is 1. The molecule has 2 heterocycles. The second-order valence-electron chi connectivity index (χ2n) is 5.80. The van der Waals surface area contributed by atoms with Gasteiger partial charge in [-0.25, -0.2) is 4.68 Å². The smallest absolute Gasteiger partial charge is 0.259 e. The number of thiophene rings is 1. The van der Waals surface area contributed by atoms with E-state index in [1.54, 1.807) is 23.0 Å². The van der Waals surface area contributed by atoms with Crippen molar-refractivity contribution in [3.05, 3.63) is 62.7 Å². The molecule has 0 radical (unpaired) electrons. The number of nitrogens with zero attached hydrogens (tertiary/aromatic N) is 3. The minimum absolute atomic E-state index is 0.270. The number of benzene rings is 1. The van der Waals surface area contributed by atoms with Crippen LogP contribution < -0.4 is 5.32 Å². The highest BCUT2D eigenvalue weighted by Crippen LogP contribution is 2.32. The van der Waals surface area contributed by atoms with Crippen molar-refractivity contribution >= 4 is 33.8 Å². The first kappa shape index (κ1) is 18.2. The van der Waals surface area contributed by atoms with Crippen LogP contribution in [-0.4, -0.2) is 15.7 Å². The number of aryl methyl sites for hydroxylation is 1. The number of aromatic nitrogens is 2. The van der Waals surface area contributed by atoms with Gasteiger partial charge in [-0.05, 0) is 44.0 Å². The summed E-state index contributed by atoms with van der Waals surface area (Å²) in [4.78, 5) is 13.8. The number of carbonyl (C=O) groups is 1. The van der Waals surface area contributed by atoms with Crippen molar-refractivity contribution in [3.63, 3.8) is 0 Å². The van der Waals surface area contributed by atoms with Gasteiger partial charge in [0.2, 0.25) is 0 Å². The molecule has 3 rings (SSSR count). The first-order valence-corrected chi connectivity index (χ1v) is 9.30. The van der Waals surface area contributed by atoms with Crippen LogP contribution in [0.3, 0.4) is 0 Å². The van der Waals surface area contributed by atoms with Gasteiger partial charge in [0.05, 0.1) is 28.7 Å². The Kier molecular flexibility index (Phi) is 5.12. The van der Waals surface area contributed by atoms with E-state index in [4.69, 9.17) is 11.6 Å². The molecule has 5 nitrogen and oxygen atoms in total. The van der Waals surface area contributed by atoms with Crippen LogP contribution in [-0.2, 0) is 6.42 Å². The summed E-state index contributed by atoms with van der Waals surface area (Å²) in [6.07, 6.45) is 2.18. The second-order valence-corrected chi connectivity index (χ2v) is 7.46. The molecule has 1 N–H and O–H groups in total. The van der Waals surface area contributed by atoms with Crippen LogP contribution in [0.5, 0.6) is 0 Å². The Hall–Kier alpha value is -2.62. The van der Waals surface area contributed by atoms with E-state index in [1.807, 2.05) is 32.9 Å². The van der Waals surface area contributed by atoms with Crippen molar-refractivity contribution < 1.29 is 4.79 Å². The second kappa shape index (κ2) is 7.32. The Morgan fingerprint density at radius 1 is 1.42 bits per heavy atom. The molecule has 7 heteroatoms. The van der Waals surface area contributed by atoms with Gasteiger partial charge in [-0.1, -0.05) is 24.6 Å². The number of hydrogen-bond donors (Lipinski definition) is 1. The van der Waals surface area contributed by atoms with Gasteiger partial charge in [0.25, 0.3) is 5.91 Å². The minimum atomic E-state index is -0.270. The molecular formula is C19H17ClN4OS. The molecule has 0 aliphatic carbocycles. The third-order valence-corrected chi connectivity index (χ3v) is 5.58. The summed E-state index contributed by atoms with van der Waals surface area (Å²) in [6, 6.07) is 9.49. The molecule has 0 saturated carbocycles. The van der Waals surface area contributed by atoms with Gasteiger partial charge >= 0.3 is 0 Å². The third kappa shape index (κ3) is 3.24. The van der Waals surface area contributed by atoms with Crippen molar-refractivity contribution in [2.24, 2.45) is 0 Å². The van der Waals surface area contributed by atoms with Gasteiger partial charge in [0, 0.05) is 9.90 Å². The van der Waals surface area contributed by atoms with Crippen molar-refractivity contribution in [2.45, 2.75) is 27.2 Å². The maximum atomic E-state index is 12.8. The first-order valence-electron chi connectivity index (χ1n) is 8.10. The SMILES string of the molecule is CCc1c(C(=O)Nc2sc(C)c(C)c2C#N)cnn1-c1cccc(Cl)c1. The summed E-state index contributed by atoms with van der Waals surface area (Å²) in [5.74, 6) is -0.270. The van der Waals surface area contributed by atoms with E-state index in [1.165, 1.54) is 11.3 Å². The number of halogens is 1. The number of carbonyl (C=O) groups excluding carboxylic acids is 1. The van der Waals surface area contributed by atoms with Gasteiger partial charge in [0.1, 0.15) is 11.1 Å². The summed E-state index contributed by atoms with van der Waals surface area (Å²) in [6.45, 7) is 5.79. The van der Waals surface area contributed by atoms with Crippen LogP contribution in [0.2, 0.25) is 5.02 Å². The fourth-order valence-corrected chi connectivity index (χ4v) is 3.94. The van der Waals surface area contributed by atoms with Crippen LogP contribution in [0.1, 0.15) is 39.0 Å². The Labute approximate surface area is 160 Å². The van der Waals surface area contributed by atoms with E-state index < -0.39 is 0 Å². The molecule has 0 fully saturated rings. The Balaban J connectivity index is 1.97. The summed E-state index contributed by atoms with van der Waals surface area (Å²) < 4.78 is 1.72. The average Bonchev–Trinajstić information content (AvgIpc) is 3.16. The van der Waals surface area contributed by atoms with Gasteiger partial charge in [-0.2, -0.15) is 10.4 Å². The summed E-state index contributed by atoms with van der Waals surface area (Å²) in [5.41, 5.74) is 3.49. The zero-order valence-corrected chi connectivity index (χ0v) is 16.2. The van der Waals surface area contributed by atoms with Gasteiger partial charge in [0.15, 0.2) is 0 Å². The Bertz CT molecular complexity index is 1030. The van der Waals surface area contributed by atoms with E-state index in [0.717, 1.165) is 21.8 Å². The maximum Gasteiger partial charge on any atom is 0.259 e. The van der Waals surface area contributed by atoms with E-state index in [0.29, 0.717) is 27.6 Å². The molecule has 0 atom stereocenters. The molecule has 0 aliphatic rings. The lowest BCUT2D eigenvalue weighted by atomic mass is 10.1. The highest BCUT2D eigenvalue weighted by atomic mass is 35.5. The molecule has 0 bridgehead atoms. The van der Waals surface area contributed by atoms with Gasteiger partial charge in [-0.3, -0.25) is 4.79 Å². The molecule has 0 unspecified atom stereocenters. The quantitative estimate of drug-likeness (QED) is 0.696. The Morgan fingerprint density at radius 2 is 2.19 bits per heavy atom. The van der Waals surface area contributed by atoms with Crippen LogP contribution in [0.4, 0.5) is 5.00 Å². The lowest BCUT2D eigenvalue weighted by Crippen LogP contribution is -2.14. The summed E-state index contributed by atoms with van der Waals surface area (Å²) in [5, 5.41) is 17.8. The predicted octanol–water partition coefficient (Wildman–Crippen LogP) is 4.89. The Morgan fingerprint density at radius 3 is 2.85 bits per heavy atom. The normalized spacial score (nSPS) is 10.6. The van der Waals surface area contributed by atoms with Gasteiger partial charge < -0.3 is 5.32 Å². The average molecular weight is 385 g/mol. The third-order valence-electron chi connectivity index (χ3n) is 4.23. The molecule has 3 aromatic rings. The van der Waals surface area contributed by atoms with Crippen LogP contribution in [0.15, 0.2) is 30.5 Å². The molecule has 26 heavy (non-hydrogen) atoms. The zero-order chi connectivity index (χ0) is 18.8. The first-order chi connectivity index (χ1) is 12.5. The molecule has 0 aliphatic heterocycles. The fraction of sp³-hybridized carbons (Fsp3) is 0.211. The van der Waals surface area contributed by atoms with E-state index in [-0.39, 0.29) is 5.91 Å².